The second-order valence-corrected chi connectivity index (χ2v) is 7.87. The highest BCUT2D eigenvalue weighted by Crippen LogP contribution is 2.22. The first-order valence-corrected chi connectivity index (χ1v) is 9.73. The van der Waals surface area contributed by atoms with E-state index in [4.69, 9.17) is 9.47 Å². The summed E-state index contributed by atoms with van der Waals surface area (Å²) in [5.74, 6) is 1.45. The van der Waals surface area contributed by atoms with Crippen molar-refractivity contribution in [2.75, 3.05) is 13.2 Å². The fourth-order valence-corrected chi connectivity index (χ4v) is 3.42. The molecule has 2 rings (SSSR count). The third-order valence-electron chi connectivity index (χ3n) is 3.56. The van der Waals surface area contributed by atoms with Crippen molar-refractivity contribution < 1.29 is 17.9 Å². The van der Waals surface area contributed by atoms with Gasteiger partial charge in [-0.15, -0.1) is 0 Å². The first-order valence-electron chi connectivity index (χ1n) is 8.25. The zero-order valence-electron chi connectivity index (χ0n) is 15.1. The summed E-state index contributed by atoms with van der Waals surface area (Å²) in [6.45, 7) is 8.23. The van der Waals surface area contributed by atoms with E-state index in [1.807, 2.05) is 45.9 Å². The van der Waals surface area contributed by atoms with Gasteiger partial charge in [0.15, 0.2) is 0 Å². The van der Waals surface area contributed by atoms with Crippen LogP contribution in [0.4, 0.5) is 0 Å². The lowest BCUT2D eigenvalue weighted by Crippen LogP contribution is -2.28. The molecule has 0 aromatic heterocycles. The van der Waals surface area contributed by atoms with Gasteiger partial charge in [-0.1, -0.05) is 18.2 Å². The van der Waals surface area contributed by atoms with Gasteiger partial charge < -0.3 is 9.47 Å². The summed E-state index contributed by atoms with van der Waals surface area (Å²) >= 11 is 0. The molecule has 0 saturated carbocycles. The molecule has 2 aromatic carbocycles. The molecule has 0 amide bonds. The van der Waals surface area contributed by atoms with Crippen LogP contribution in [0.1, 0.15) is 25.0 Å². The van der Waals surface area contributed by atoms with Crippen molar-refractivity contribution in [2.45, 2.75) is 38.7 Å². The van der Waals surface area contributed by atoms with Gasteiger partial charge in [0.1, 0.15) is 18.1 Å². The fourth-order valence-electron chi connectivity index (χ4n) is 2.41. The maximum Gasteiger partial charge on any atom is 0.240 e. The van der Waals surface area contributed by atoms with Gasteiger partial charge in [-0.3, -0.25) is 0 Å². The standard InChI is InChI=1S/C19H25NO4S/c1-14(2)24-17-8-10-18(11-9-17)25(21,22)20-12-13-23-19-15(3)6-5-7-16(19)4/h5-11,14,20H,12-13H2,1-4H3. The molecule has 0 atom stereocenters. The largest absolute Gasteiger partial charge is 0.492 e. The molecule has 0 unspecified atom stereocenters. The second kappa shape index (κ2) is 8.36. The lowest BCUT2D eigenvalue weighted by Gasteiger charge is -2.13. The Balaban J connectivity index is 1.91. The Hall–Kier alpha value is -2.05. The Morgan fingerprint density at radius 1 is 1.00 bits per heavy atom. The minimum atomic E-state index is -3.57. The smallest absolute Gasteiger partial charge is 0.240 e. The molecule has 0 aliphatic rings. The van der Waals surface area contributed by atoms with Gasteiger partial charge in [0.2, 0.25) is 10.0 Å². The Bertz CT molecular complexity index is 778. The average molecular weight is 363 g/mol. The van der Waals surface area contributed by atoms with Crippen molar-refractivity contribution in [1.29, 1.82) is 0 Å². The number of aryl methyl sites for hydroxylation is 2. The molecule has 25 heavy (non-hydrogen) atoms. The molecule has 1 N–H and O–H groups in total. The molecule has 2 aromatic rings. The molecule has 0 bridgehead atoms. The number of hydrogen-bond acceptors (Lipinski definition) is 4. The molecule has 0 radical (unpaired) electrons. The number of sulfonamides is 1. The summed E-state index contributed by atoms with van der Waals surface area (Å²) in [7, 11) is -3.57. The van der Waals surface area contributed by atoms with E-state index in [-0.39, 0.29) is 24.2 Å². The highest BCUT2D eigenvalue weighted by Gasteiger charge is 2.14. The van der Waals surface area contributed by atoms with Crippen molar-refractivity contribution in [2.24, 2.45) is 0 Å². The summed E-state index contributed by atoms with van der Waals surface area (Å²) in [5.41, 5.74) is 2.06. The van der Waals surface area contributed by atoms with Gasteiger partial charge >= 0.3 is 0 Å². The van der Waals surface area contributed by atoms with Crippen LogP contribution in [0.3, 0.4) is 0 Å². The Kier molecular flexibility index (Phi) is 6.45. The van der Waals surface area contributed by atoms with Crippen LogP contribution in [0.15, 0.2) is 47.4 Å². The van der Waals surface area contributed by atoms with Crippen LogP contribution < -0.4 is 14.2 Å². The van der Waals surface area contributed by atoms with Crippen molar-refractivity contribution >= 4 is 10.0 Å². The number of hydrogen-bond donors (Lipinski definition) is 1. The number of ether oxygens (including phenoxy) is 2. The summed E-state index contributed by atoms with van der Waals surface area (Å²) in [6, 6.07) is 12.3. The van der Waals surface area contributed by atoms with E-state index in [0.29, 0.717) is 5.75 Å². The van der Waals surface area contributed by atoms with E-state index >= 15 is 0 Å². The lowest BCUT2D eigenvalue weighted by atomic mass is 10.1. The average Bonchev–Trinajstić information content (AvgIpc) is 2.53. The fraction of sp³-hybridized carbons (Fsp3) is 0.368. The van der Waals surface area contributed by atoms with Crippen molar-refractivity contribution in [3.63, 3.8) is 0 Å². The first-order chi connectivity index (χ1) is 11.8. The van der Waals surface area contributed by atoms with Crippen molar-refractivity contribution in [1.82, 2.24) is 4.72 Å². The van der Waals surface area contributed by atoms with Gasteiger partial charge in [-0.25, -0.2) is 13.1 Å². The summed E-state index contributed by atoms with van der Waals surface area (Å²) in [6.07, 6.45) is 0.0441. The topological polar surface area (TPSA) is 64.6 Å². The van der Waals surface area contributed by atoms with Crippen LogP contribution >= 0.6 is 0 Å². The number of benzene rings is 2. The molecule has 0 aliphatic carbocycles. The van der Waals surface area contributed by atoms with Crippen molar-refractivity contribution in [3.8, 4) is 11.5 Å². The predicted octanol–water partition coefficient (Wildman–Crippen LogP) is 3.45. The maximum atomic E-state index is 12.3. The highest BCUT2D eigenvalue weighted by molar-refractivity contribution is 7.89. The third kappa shape index (κ3) is 5.47. The number of rotatable bonds is 8. The maximum absolute atomic E-state index is 12.3. The molecule has 5 nitrogen and oxygen atoms in total. The summed E-state index contributed by atoms with van der Waals surface area (Å²) in [5, 5.41) is 0. The molecule has 0 fully saturated rings. The van der Waals surface area contributed by atoms with Gasteiger partial charge in [0, 0.05) is 6.54 Å². The van der Waals surface area contributed by atoms with E-state index in [0.717, 1.165) is 16.9 Å². The van der Waals surface area contributed by atoms with Gasteiger partial charge in [-0.2, -0.15) is 0 Å². The Morgan fingerprint density at radius 2 is 1.60 bits per heavy atom. The Morgan fingerprint density at radius 3 is 2.16 bits per heavy atom. The zero-order chi connectivity index (χ0) is 18.4. The van der Waals surface area contributed by atoms with Gasteiger partial charge in [0.25, 0.3) is 0 Å². The normalized spacial score (nSPS) is 11.6. The van der Waals surface area contributed by atoms with Crippen molar-refractivity contribution in [3.05, 3.63) is 53.6 Å². The SMILES string of the molecule is Cc1cccc(C)c1OCCNS(=O)(=O)c1ccc(OC(C)C)cc1. The number of para-hydroxylation sites is 1. The van der Waals surface area contributed by atoms with Crippen LogP contribution in [0, 0.1) is 13.8 Å². The molecule has 0 aliphatic heterocycles. The highest BCUT2D eigenvalue weighted by atomic mass is 32.2. The Labute approximate surface area is 150 Å². The molecule has 0 saturated heterocycles. The molecular formula is C19H25NO4S. The van der Waals surface area contributed by atoms with E-state index in [1.54, 1.807) is 12.1 Å². The van der Waals surface area contributed by atoms with E-state index < -0.39 is 10.0 Å². The first kappa shape index (κ1) is 19.3. The predicted molar refractivity (Wildman–Crippen MR) is 98.8 cm³/mol. The minimum Gasteiger partial charge on any atom is -0.492 e. The lowest BCUT2D eigenvalue weighted by molar-refractivity contribution is 0.242. The quantitative estimate of drug-likeness (QED) is 0.730. The second-order valence-electron chi connectivity index (χ2n) is 6.11. The van der Waals surface area contributed by atoms with Crippen LogP contribution in [-0.4, -0.2) is 27.7 Å². The zero-order valence-corrected chi connectivity index (χ0v) is 15.9. The molecule has 136 valence electrons. The van der Waals surface area contributed by atoms with Gasteiger partial charge in [-0.05, 0) is 63.1 Å². The minimum absolute atomic E-state index is 0.0441. The van der Waals surface area contributed by atoms with Crippen LogP contribution in [0.2, 0.25) is 0 Å². The molecule has 0 heterocycles. The third-order valence-corrected chi connectivity index (χ3v) is 5.03. The van der Waals surface area contributed by atoms with E-state index in [9.17, 15) is 8.42 Å². The summed E-state index contributed by atoms with van der Waals surface area (Å²) in [4.78, 5) is 0.204. The van der Waals surface area contributed by atoms with E-state index in [1.165, 1.54) is 12.1 Å². The van der Waals surface area contributed by atoms with Crippen LogP contribution in [0.5, 0.6) is 11.5 Å². The molecular weight excluding hydrogens is 338 g/mol. The van der Waals surface area contributed by atoms with Crippen LogP contribution in [0.25, 0.3) is 0 Å². The monoisotopic (exact) mass is 363 g/mol. The van der Waals surface area contributed by atoms with Gasteiger partial charge in [0.05, 0.1) is 11.0 Å². The molecule has 6 heteroatoms. The number of nitrogens with one attached hydrogen (secondary N) is 1. The summed E-state index contributed by atoms with van der Waals surface area (Å²) < 4.78 is 38.4. The van der Waals surface area contributed by atoms with Crippen LogP contribution in [-0.2, 0) is 10.0 Å². The molecule has 0 spiro atoms. The van der Waals surface area contributed by atoms with E-state index in [2.05, 4.69) is 4.72 Å².